The van der Waals surface area contributed by atoms with Crippen LogP contribution in [0.25, 0.3) is 0 Å². The second-order valence-electron chi connectivity index (χ2n) is 4.74. The number of hydrogen-bond acceptors (Lipinski definition) is 5. The van der Waals surface area contributed by atoms with E-state index in [1.54, 1.807) is 11.0 Å². The van der Waals surface area contributed by atoms with Crippen LogP contribution in [0.5, 0.6) is 0 Å². The molecule has 1 aliphatic rings. The zero-order valence-corrected chi connectivity index (χ0v) is 10.5. The lowest BCUT2D eigenvalue weighted by Gasteiger charge is -2.23. The van der Waals surface area contributed by atoms with Gasteiger partial charge in [-0.15, -0.1) is 0 Å². The Morgan fingerprint density at radius 1 is 1.44 bits per heavy atom. The monoisotopic (exact) mass is 244 g/mol. The van der Waals surface area contributed by atoms with Crippen LogP contribution in [0, 0.1) is 5.92 Å². The molecule has 0 fully saturated rings. The van der Waals surface area contributed by atoms with Gasteiger partial charge in [-0.2, -0.15) is 5.10 Å². The Hall–Kier alpha value is -2.11. The minimum atomic E-state index is 0.591. The fourth-order valence-electron chi connectivity index (χ4n) is 2.16. The summed E-state index contributed by atoms with van der Waals surface area (Å²) >= 11 is 0. The molecule has 0 saturated heterocycles. The summed E-state index contributed by atoms with van der Waals surface area (Å²) in [5, 5.41) is 10.9. The van der Waals surface area contributed by atoms with Crippen LogP contribution in [0.3, 0.4) is 0 Å². The summed E-state index contributed by atoms with van der Waals surface area (Å²) < 4.78 is 1.76. The van der Waals surface area contributed by atoms with Gasteiger partial charge in [0.05, 0.1) is 0 Å². The number of nitrogens with zero attached hydrogens (tertiary/aromatic N) is 4. The molecule has 0 saturated carbocycles. The van der Waals surface area contributed by atoms with Crippen molar-refractivity contribution >= 4 is 17.5 Å². The van der Waals surface area contributed by atoms with Crippen LogP contribution in [0.1, 0.15) is 12.5 Å². The third-order valence-corrected chi connectivity index (χ3v) is 3.08. The summed E-state index contributed by atoms with van der Waals surface area (Å²) in [4.78, 5) is 8.59. The molecular weight excluding hydrogens is 228 g/mol. The predicted molar refractivity (Wildman–Crippen MR) is 69.9 cm³/mol. The number of aromatic nitrogens is 4. The van der Waals surface area contributed by atoms with E-state index in [9.17, 15) is 0 Å². The summed E-state index contributed by atoms with van der Waals surface area (Å²) in [6.45, 7) is 3.18. The van der Waals surface area contributed by atoms with Gasteiger partial charge < -0.3 is 10.6 Å². The van der Waals surface area contributed by atoms with E-state index in [1.165, 1.54) is 0 Å². The van der Waals surface area contributed by atoms with Gasteiger partial charge in [-0.3, -0.25) is 4.68 Å². The number of anilines is 3. The van der Waals surface area contributed by atoms with Crippen LogP contribution >= 0.6 is 0 Å². The molecule has 3 rings (SSSR count). The fourth-order valence-corrected chi connectivity index (χ4v) is 2.16. The standard InChI is InChI=1S/C12H16N6/c1-8-5-9-11(13-6-8)14-7-15-12(9)16-10-3-4-18(2)17-10/h3-4,7-8H,5-6H2,1-2H3,(H2,13,14,15,16,17)/t8-/m0/s1. The van der Waals surface area contributed by atoms with Gasteiger partial charge in [0.15, 0.2) is 5.82 Å². The third kappa shape index (κ3) is 2.01. The highest BCUT2D eigenvalue weighted by atomic mass is 15.3. The predicted octanol–water partition coefficient (Wildman–Crippen LogP) is 1.56. The largest absolute Gasteiger partial charge is 0.369 e. The average molecular weight is 244 g/mol. The van der Waals surface area contributed by atoms with Gasteiger partial charge in [-0.05, 0) is 12.3 Å². The lowest BCUT2D eigenvalue weighted by Crippen LogP contribution is -2.23. The first-order chi connectivity index (χ1) is 8.72. The molecule has 1 atom stereocenters. The maximum Gasteiger partial charge on any atom is 0.153 e. The Labute approximate surface area is 105 Å². The number of nitrogens with one attached hydrogen (secondary N) is 2. The first-order valence-electron chi connectivity index (χ1n) is 6.07. The highest BCUT2D eigenvalue weighted by Gasteiger charge is 2.19. The van der Waals surface area contributed by atoms with E-state index in [0.717, 1.165) is 36.0 Å². The van der Waals surface area contributed by atoms with Crippen LogP contribution in [0.4, 0.5) is 17.5 Å². The van der Waals surface area contributed by atoms with Crippen molar-refractivity contribution in [2.24, 2.45) is 13.0 Å². The molecule has 0 radical (unpaired) electrons. The van der Waals surface area contributed by atoms with Gasteiger partial charge in [-0.1, -0.05) is 6.92 Å². The summed E-state index contributed by atoms with van der Waals surface area (Å²) in [6.07, 6.45) is 4.46. The molecule has 0 unspecified atom stereocenters. The minimum Gasteiger partial charge on any atom is -0.369 e. The minimum absolute atomic E-state index is 0.591. The molecule has 3 heterocycles. The van der Waals surface area contributed by atoms with Gasteiger partial charge in [0.25, 0.3) is 0 Å². The molecule has 6 heteroatoms. The van der Waals surface area contributed by atoms with Crippen molar-refractivity contribution in [3.63, 3.8) is 0 Å². The Balaban J connectivity index is 1.92. The van der Waals surface area contributed by atoms with Crippen molar-refractivity contribution in [2.75, 3.05) is 17.2 Å². The molecule has 94 valence electrons. The van der Waals surface area contributed by atoms with E-state index in [0.29, 0.717) is 5.92 Å². The van der Waals surface area contributed by atoms with E-state index in [-0.39, 0.29) is 0 Å². The molecule has 0 amide bonds. The lowest BCUT2D eigenvalue weighted by atomic mass is 9.98. The topological polar surface area (TPSA) is 67.7 Å². The number of rotatable bonds is 2. The van der Waals surface area contributed by atoms with E-state index < -0.39 is 0 Å². The van der Waals surface area contributed by atoms with Gasteiger partial charge >= 0.3 is 0 Å². The van der Waals surface area contributed by atoms with Crippen molar-refractivity contribution in [1.29, 1.82) is 0 Å². The zero-order chi connectivity index (χ0) is 12.5. The molecule has 0 bridgehead atoms. The van der Waals surface area contributed by atoms with Gasteiger partial charge in [0.2, 0.25) is 0 Å². The van der Waals surface area contributed by atoms with Crippen LogP contribution < -0.4 is 10.6 Å². The Morgan fingerprint density at radius 3 is 3.11 bits per heavy atom. The molecule has 2 N–H and O–H groups in total. The quantitative estimate of drug-likeness (QED) is 0.839. The van der Waals surface area contributed by atoms with Crippen LogP contribution in [0.15, 0.2) is 18.6 Å². The molecule has 0 aromatic carbocycles. The van der Waals surface area contributed by atoms with Crippen LogP contribution in [0.2, 0.25) is 0 Å². The molecule has 1 aliphatic heterocycles. The van der Waals surface area contributed by atoms with E-state index in [1.807, 2.05) is 19.3 Å². The number of aryl methyl sites for hydroxylation is 1. The average Bonchev–Trinajstić information content (AvgIpc) is 2.76. The normalized spacial score (nSPS) is 18.0. The number of fused-ring (bicyclic) bond motifs is 1. The molecule has 2 aromatic rings. The van der Waals surface area contributed by atoms with Crippen molar-refractivity contribution in [3.8, 4) is 0 Å². The fraction of sp³-hybridized carbons (Fsp3) is 0.417. The van der Waals surface area contributed by atoms with Gasteiger partial charge in [0, 0.05) is 31.4 Å². The highest BCUT2D eigenvalue weighted by Crippen LogP contribution is 2.28. The Bertz CT molecular complexity index is 561. The summed E-state index contributed by atoms with van der Waals surface area (Å²) in [7, 11) is 1.89. The van der Waals surface area contributed by atoms with E-state index in [4.69, 9.17) is 0 Å². The molecule has 6 nitrogen and oxygen atoms in total. The molecular formula is C12H16N6. The molecule has 2 aromatic heterocycles. The maximum atomic E-state index is 4.32. The van der Waals surface area contributed by atoms with Crippen LogP contribution in [-0.4, -0.2) is 26.3 Å². The molecule has 0 aliphatic carbocycles. The first kappa shape index (κ1) is 11.0. The highest BCUT2D eigenvalue weighted by molar-refractivity contribution is 5.63. The third-order valence-electron chi connectivity index (χ3n) is 3.08. The van der Waals surface area contributed by atoms with Crippen molar-refractivity contribution < 1.29 is 0 Å². The van der Waals surface area contributed by atoms with Crippen molar-refractivity contribution in [1.82, 2.24) is 19.7 Å². The molecule has 18 heavy (non-hydrogen) atoms. The summed E-state index contributed by atoms with van der Waals surface area (Å²) in [5.74, 6) is 3.17. The van der Waals surface area contributed by atoms with E-state index >= 15 is 0 Å². The van der Waals surface area contributed by atoms with Gasteiger partial charge in [-0.25, -0.2) is 9.97 Å². The lowest BCUT2D eigenvalue weighted by molar-refractivity contribution is 0.590. The maximum absolute atomic E-state index is 4.32. The number of hydrogen-bond donors (Lipinski definition) is 2. The zero-order valence-electron chi connectivity index (χ0n) is 10.5. The van der Waals surface area contributed by atoms with Crippen LogP contribution in [-0.2, 0) is 13.5 Å². The van der Waals surface area contributed by atoms with E-state index in [2.05, 4.69) is 32.6 Å². The summed E-state index contributed by atoms with van der Waals surface area (Å²) in [6, 6.07) is 1.92. The first-order valence-corrected chi connectivity index (χ1v) is 6.07. The van der Waals surface area contributed by atoms with Crippen molar-refractivity contribution in [3.05, 3.63) is 24.2 Å². The Morgan fingerprint density at radius 2 is 2.33 bits per heavy atom. The second kappa shape index (κ2) is 4.29. The SMILES string of the molecule is C[C@@H]1CNc2ncnc(Nc3ccn(C)n3)c2C1. The Kier molecular flexibility index (Phi) is 2.62. The van der Waals surface area contributed by atoms with Crippen molar-refractivity contribution in [2.45, 2.75) is 13.3 Å². The smallest absolute Gasteiger partial charge is 0.153 e. The van der Waals surface area contributed by atoms with Gasteiger partial charge in [0.1, 0.15) is 18.0 Å². The molecule has 0 spiro atoms. The second-order valence-corrected chi connectivity index (χ2v) is 4.74. The summed E-state index contributed by atoms with van der Waals surface area (Å²) in [5.41, 5.74) is 1.14.